The van der Waals surface area contributed by atoms with Crippen LogP contribution in [-0.4, -0.2) is 36.4 Å². The number of aliphatic hydroxyl groups is 1. The quantitative estimate of drug-likeness (QED) is 0.662. The smallest absolute Gasteiger partial charge is 0.222 e. The zero-order chi connectivity index (χ0) is 12.6. The average Bonchev–Trinajstić information content (AvgIpc) is 2.24. The average molecular weight is 231 g/mol. The van der Waals surface area contributed by atoms with Crippen LogP contribution in [0.25, 0.3) is 0 Å². The predicted octanol–water partition coefficient (Wildman–Crippen LogP) is 1.32. The molecule has 2 atom stereocenters. The molecule has 0 spiro atoms. The number of amides is 1. The van der Waals surface area contributed by atoms with E-state index in [0.29, 0.717) is 19.6 Å². The van der Waals surface area contributed by atoms with Crippen molar-refractivity contribution in [3.8, 4) is 0 Å². The lowest BCUT2D eigenvalue weighted by molar-refractivity contribution is -0.123. The highest BCUT2D eigenvalue weighted by molar-refractivity contribution is 5.75. The molecular weight excluding hydrogens is 206 g/mol. The third-order valence-electron chi connectivity index (χ3n) is 2.59. The highest BCUT2D eigenvalue weighted by atomic mass is 16.5. The minimum Gasteiger partial charge on any atom is -0.391 e. The molecular formula is C12H25NO3. The molecule has 0 rings (SSSR count). The first-order valence-electron chi connectivity index (χ1n) is 6.03. The van der Waals surface area contributed by atoms with Crippen LogP contribution in [0.2, 0.25) is 0 Å². The third kappa shape index (κ3) is 7.65. The molecule has 4 nitrogen and oxygen atoms in total. The van der Waals surface area contributed by atoms with Crippen LogP contribution in [0.3, 0.4) is 0 Å². The Labute approximate surface area is 98.4 Å². The molecule has 4 heteroatoms. The van der Waals surface area contributed by atoms with Crippen LogP contribution in [0.5, 0.6) is 0 Å². The fraction of sp³-hybridized carbons (Fsp3) is 0.917. The van der Waals surface area contributed by atoms with Gasteiger partial charge in [-0.3, -0.25) is 4.79 Å². The molecule has 0 aromatic heterocycles. The first-order valence-corrected chi connectivity index (χ1v) is 6.03. The zero-order valence-corrected chi connectivity index (χ0v) is 10.8. The lowest BCUT2D eigenvalue weighted by Gasteiger charge is -2.17. The summed E-state index contributed by atoms with van der Waals surface area (Å²) in [5.41, 5.74) is 0. The van der Waals surface area contributed by atoms with Crippen molar-refractivity contribution < 1.29 is 14.6 Å². The summed E-state index contributed by atoms with van der Waals surface area (Å²) < 4.78 is 5.26. The van der Waals surface area contributed by atoms with Gasteiger partial charge in [-0.25, -0.2) is 0 Å². The van der Waals surface area contributed by atoms with Gasteiger partial charge in [-0.05, 0) is 19.8 Å². The van der Waals surface area contributed by atoms with E-state index in [9.17, 15) is 9.90 Å². The maximum absolute atomic E-state index is 11.3. The van der Waals surface area contributed by atoms with Crippen LogP contribution in [0.4, 0.5) is 0 Å². The summed E-state index contributed by atoms with van der Waals surface area (Å²) in [6.45, 7) is 8.62. The SMILES string of the molecule is CCC(C)C(O)CNC(=O)CCOC(C)C. The van der Waals surface area contributed by atoms with E-state index in [0.717, 1.165) is 6.42 Å². The highest BCUT2D eigenvalue weighted by Gasteiger charge is 2.13. The van der Waals surface area contributed by atoms with Crippen molar-refractivity contribution in [3.63, 3.8) is 0 Å². The number of rotatable bonds is 8. The fourth-order valence-electron chi connectivity index (χ4n) is 1.17. The second-order valence-corrected chi connectivity index (χ2v) is 4.43. The van der Waals surface area contributed by atoms with Gasteiger partial charge in [0.1, 0.15) is 0 Å². The molecule has 0 bridgehead atoms. The molecule has 2 unspecified atom stereocenters. The summed E-state index contributed by atoms with van der Waals surface area (Å²) >= 11 is 0. The van der Waals surface area contributed by atoms with E-state index >= 15 is 0 Å². The van der Waals surface area contributed by atoms with E-state index < -0.39 is 6.10 Å². The molecule has 0 aromatic rings. The molecule has 0 radical (unpaired) electrons. The predicted molar refractivity (Wildman–Crippen MR) is 64.2 cm³/mol. The number of aliphatic hydroxyl groups excluding tert-OH is 1. The number of hydrogen-bond acceptors (Lipinski definition) is 3. The molecule has 0 heterocycles. The Morgan fingerprint density at radius 1 is 1.38 bits per heavy atom. The molecule has 16 heavy (non-hydrogen) atoms. The minimum absolute atomic E-state index is 0.0667. The van der Waals surface area contributed by atoms with E-state index in [1.165, 1.54) is 0 Å². The summed E-state index contributed by atoms with van der Waals surface area (Å²) in [5.74, 6) is 0.148. The fourth-order valence-corrected chi connectivity index (χ4v) is 1.17. The molecule has 96 valence electrons. The summed E-state index contributed by atoms with van der Waals surface area (Å²) in [5, 5.41) is 12.3. The van der Waals surface area contributed by atoms with Crippen LogP contribution in [-0.2, 0) is 9.53 Å². The van der Waals surface area contributed by atoms with E-state index in [-0.39, 0.29) is 17.9 Å². The van der Waals surface area contributed by atoms with Crippen molar-refractivity contribution >= 4 is 5.91 Å². The second kappa shape index (κ2) is 8.53. The molecule has 0 aliphatic heterocycles. The standard InChI is InChI=1S/C12H25NO3/c1-5-10(4)11(14)8-13-12(15)6-7-16-9(2)3/h9-11,14H,5-8H2,1-4H3,(H,13,15). The summed E-state index contributed by atoms with van der Waals surface area (Å²) in [4.78, 5) is 11.3. The summed E-state index contributed by atoms with van der Waals surface area (Å²) in [6, 6.07) is 0. The molecule has 0 saturated heterocycles. The molecule has 0 saturated carbocycles. The molecule has 0 fully saturated rings. The third-order valence-corrected chi connectivity index (χ3v) is 2.59. The van der Waals surface area contributed by atoms with Gasteiger partial charge in [-0.2, -0.15) is 0 Å². The minimum atomic E-state index is -0.458. The van der Waals surface area contributed by atoms with Gasteiger partial charge < -0.3 is 15.2 Å². The van der Waals surface area contributed by atoms with Crippen molar-refractivity contribution in [3.05, 3.63) is 0 Å². The molecule has 0 aromatic carbocycles. The van der Waals surface area contributed by atoms with Crippen molar-refractivity contribution in [2.75, 3.05) is 13.2 Å². The normalized spacial score (nSPS) is 14.9. The Kier molecular flexibility index (Phi) is 8.21. The van der Waals surface area contributed by atoms with Gasteiger partial charge in [-0.1, -0.05) is 20.3 Å². The van der Waals surface area contributed by atoms with E-state index in [1.807, 2.05) is 27.7 Å². The lowest BCUT2D eigenvalue weighted by atomic mass is 10.0. The van der Waals surface area contributed by atoms with Gasteiger partial charge in [0.05, 0.1) is 18.8 Å². The monoisotopic (exact) mass is 231 g/mol. The van der Waals surface area contributed by atoms with Gasteiger partial charge in [0.25, 0.3) is 0 Å². The topological polar surface area (TPSA) is 58.6 Å². The van der Waals surface area contributed by atoms with Crippen LogP contribution >= 0.6 is 0 Å². The number of carbonyl (C=O) groups is 1. The summed E-state index contributed by atoms with van der Waals surface area (Å²) in [7, 11) is 0. The zero-order valence-electron chi connectivity index (χ0n) is 10.8. The summed E-state index contributed by atoms with van der Waals surface area (Å²) in [6.07, 6.45) is 0.956. The van der Waals surface area contributed by atoms with Crippen molar-refractivity contribution in [1.82, 2.24) is 5.32 Å². The Morgan fingerprint density at radius 2 is 2.00 bits per heavy atom. The first-order chi connectivity index (χ1) is 7.47. The Balaban J connectivity index is 3.57. The second-order valence-electron chi connectivity index (χ2n) is 4.43. The Hall–Kier alpha value is -0.610. The van der Waals surface area contributed by atoms with E-state index in [2.05, 4.69) is 5.32 Å². The van der Waals surface area contributed by atoms with Crippen molar-refractivity contribution in [2.45, 2.75) is 52.7 Å². The lowest BCUT2D eigenvalue weighted by Crippen LogP contribution is -2.35. The van der Waals surface area contributed by atoms with Crippen molar-refractivity contribution in [1.29, 1.82) is 0 Å². The van der Waals surface area contributed by atoms with Crippen LogP contribution in [0.1, 0.15) is 40.5 Å². The maximum Gasteiger partial charge on any atom is 0.222 e. The number of hydrogen-bond donors (Lipinski definition) is 2. The van der Waals surface area contributed by atoms with Gasteiger partial charge in [0.2, 0.25) is 5.91 Å². The van der Waals surface area contributed by atoms with Crippen molar-refractivity contribution in [2.24, 2.45) is 5.92 Å². The Morgan fingerprint density at radius 3 is 2.50 bits per heavy atom. The van der Waals surface area contributed by atoms with Gasteiger partial charge in [-0.15, -0.1) is 0 Å². The number of ether oxygens (including phenoxy) is 1. The van der Waals surface area contributed by atoms with Gasteiger partial charge in [0.15, 0.2) is 0 Å². The van der Waals surface area contributed by atoms with Crippen LogP contribution in [0.15, 0.2) is 0 Å². The maximum atomic E-state index is 11.3. The number of carbonyl (C=O) groups excluding carboxylic acids is 1. The number of nitrogens with one attached hydrogen (secondary N) is 1. The molecule has 2 N–H and O–H groups in total. The molecule has 0 aliphatic carbocycles. The molecule has 0 aliphatic rings. The van der Waals surface area contributed by atoms with Crippen LogP contribution in [0, 0.1) is 5.92 Å². The highest BCUT2D eigenvalue weighted by Crippen LogP contribution is 2.05. The van der Waals surface area contributed by atoms with Gasteiger partial charge in [0, 0.05) is 13.0 Å². The van der Waals surface area contributed by atoms with Crippen LogP contribution < -0.4 is 5.32 Å². The van der Waals surface area contributed by atoms with E-state index in [4.69, 9.17) is 4.74 Å². The largest absolute Gasteiger partial charge is 0.391 e. The molecule has 1 amide bonds. The van der Waals surface area contributed by atoms with Gasteiger partial charge >= 0.3 is 0 Å². The Bertz CT molecular complexity index is 195. The first kappa shape index (κ1) is 15.4. The van der Waals surface area contributed by atoms with E-state index in [1.54, 1.807) is 0 Å².